The van der Waals surface area contributed by atoms with Gasteiger partial charge in [-0.1, -0.05) is 48.2 Å². The van der Waals surface area contributed by atoms with Crippen molar-refractivity contribution in [3.63, 3.8) is 0 Å². The Bertz CT molecular complexity index is 901. The number of nitrogens with one attached hydrogen (secondary N) is 1. The summed E-state index contributed by atoms with van der Waals surface area (Å²) in [5.74, 6) is 1.58. The van der Waals surface area contributed by atoms with Gasteiger partial charge in [0.2, 0.25) is 0 Å². The summed E-state index contributed by atoms with van der Waals surface area (Å²) in [5, 5.41) is 14.2. The number of hydrogen-bond donors (Lipinski definition) is 1. The number of amides is 1. The van der Waals surface area contributed by atoms with Crippen molar-refractivity contribution in [1.82, 2.24) is 25.0 Å². The molecule has 0 saturated carbocycles. The number of fused-ring (bicyclic) bond motifs is 1. The van der Waals surface area contributed by atoms with E-state index in [2.05, 4.69) is 20.4 Å². The van der Waals surface area contributed by atoms with Crippen molar-refractivity contribution in [2.24, 2.45) is 7.05 Å². The highest BCUT2D eigenvalue weighted by atomic mass is 32.2. The monoisotopic (exact) mass is 369 g/mol. The summed E-state index contributed by atoms with van der Waals surface area (Å²) in [6, 6.07) is 13.6. The Balaban J connectivity index is 1.65. The number of carbonyl (C=O) groups excluding carboxylic acids is 1. The minimum Gasteiger partial charge on any atom is -0.345 e. The predicted octanol–water partition coefficient (Wildman–Crippen LogP) is 2.55. The normalized spacial score (nSPS) is 11.2. The molecule has 0 atom stereocenters. The fourth-order valence-electron chi connectivity index (χ4n) is 2.62. The molecule has 0 bridgehead atoms. The van der Waals surface area contributed by atoms with E-state index >= 15 is 0 Å². The maximum atomic E-state index is 12.6. The van der Waals surface area contributed by atoms with Crippen LogP contribution in [0.4, 0.5) is 0 Å². The lowest BCUT2D eigenvalue weighted by Gasteiger charge is -2.09. The summed E-state index contributed by atoms with van der Waals surface area (Å²) in [6.07, 6.45) is 0. The van der Waals surface area contributed by atoms with Crippen LogP contribution in [0.5, 0.6) is 0 Å². The van der Waals surface area contributed by atoms with Crippen molar-refractivity contribution >= 4 is 28.4 Å². The highest BCUT2D eigenvalue weighted by Crippen LogP contribution is 2.19. The molecule has 0 aliphatic carbocycles. The highest BCUT2D eigenvalue weighted by molar-refractivity contribution is 7.99. The molecule has 0 unspecified atom stereocenters. The topological polar surface area (TPSA) is 63.1 Å². The van der Waals surface area contributed by atoms with Crippen LogP contribution >= 0.6 is 11.8 Å². The number of nitrogens with zero attached hydrogens (tertiary/aromatic N) is 4. The molecule has 7 heteroatoms. The molecule has 0 aliphatic rings. The van der Waals surface area contributed by atoms with Crippen LogP contribution in [0.2, 0.25) is 0 Å². The molecule has 0 fully saturated rings. The molecule has 3 rings (SSSR count). The minimum atomic E-state index is -0.105. The Morgan fingerprint density at radius 3 is 2.73 bits per heavy atom. The highest BCUT2D eigenvalue weighted by Gasteiger charge is 2.13. The standard InChI is InChI=1S/C19H23N5OS/c1-23(2)11-12-26-19-22-21-17(24(19)3)13-20-18(25)16-10-6-8-14-7-4-5-9-15(14)16/h4-10H,11-13H2,1-3H3,(H,20,25). The zero-order valence-corrected chi connectivity index (χ0v) is 16.1. The van der Waals surface area contributed by atoms with Gasteiger partial charge >= 0.3 is 0 Å². The molecule has 3 aromatic rings. The Labute approximate surface area is 157 Å². The van der Waals surface area contributed by atoms with Crippen LogP contribution in [0, 0.1) is 0 Å². The molecule has 1 aromatic heterocycles. The van der Waals surface area contributed by atoms with Crippen LogP contribution in [0.1, 0.15) is 16.2 Å². The summed E-state index contributed by atoms with van der Waals surface area (Å²) in [5.41, 5.74) is 0.672. The number of aromatic nitrogens is 3. The molecule has 26 heavy (non-hydrogen) atoms. The van der Waals surface area contributed by atoms with Crippen molar-refractivity contribution in [3.05, 3.63) is 53.9 Å². The number of thioether (sulfide) groups is 1. The van der Waals surface area contributed by atoms with E-state index in [4.69, 9.17) is 0 Å². The molecule has 0 radical (unpaired) electrons. The third-order valence-corrected chi connectivity index (χ3v) is 5.14. The van der Waals surface area contributed by atoms with Crippen LogP contribution in [-0.2, 0) is 13.6 Å². The van der Waals surface area contributed by atoms with Crippen molar-refractivity contribution in [3.8, 4) is 0 Å². The Morgan fingerprint density at radius 1 is 1.15 bits per heavy atom. The van der Waals surface area contributed by atoms with E-state index in [9.17, 15) is 4.79 Å². The Morgan fingerprint density at radius 2 is 1.92 bits per heavy atom. The second-order valence-electron chi connectivity index (χ2n) is 6.32. The molecule has 0 spiro atoms. The van der Waals surface area contributed by atoms with Crippen LogP contribution in [0.25, 0.3) is 10.8 Å². The molecule has 1 N–H and O–H groups in total. The van der Waals surface area contributed by atoms with E-state index in [1.165, 1.54) is 0 Å². The minimum absolute atomic E-state index is 0.105. The van der Waals surface area contributed by atoms with Crippen molar-refractivity contribution < 1.29 is 4.79 Å². The molecule has 136 valence electrons. The van der Waals surface area contributed by atoms with E-state index in [0.717, 1.165) is 34.1 Å². The molecule has 1 heterocycles. The molecular weight excluding hydrogens is 346 g/mol. The van der Waals surface area contributed by atoms with Gasteiger partial charge in [0.1, 0.15) is 0 Å². The lowest BCUT2D eigenvalue weighted by molar-refractivity contribution is 0.0951. The molecule has 1 amide bonds. The first-order chi connectivity index (χ1) is 12.6. The number of hydrogen-bond acceptors (Lipinski definition) is 5. The first-order valence-corrected chi connectivity index (χ1v) is 9.46. The largest absolute Gasteiger partial charge is 0.345 e. The summed E-state index contributed by atoms with van der Waals surface area (Å²) in [4.78, 5) is 14.8. The summed E-state index contributed by atoms with van der Waals surface area (Å²) in [6.45, 7) is 1.32. The van der Waals surface area contributed by atoms with Gasteiger partial charge in [-0.2, -0.15) is 0 Å². The van der Waals surface area contributed by atoms with E-state index < -0.39 is 0 Å². The predicted molar refractivity (Wildman–Crippen MR) is 105 cm³/mol. The van der Waals surface area contributed by atoms with Crippen LogP contribution in [0.3, 0.4) is 0 Å². The smallest absolute Gasteiger partial charge is 0.252 e. The van der Waals surface area contributed by atoms with Crippen LogP contribution in [0.15, 0.2) is 47.6 Å². The van der Waals surface area contributed by atoms with Crippen LogP contribution in [-0.4, -0.2) is 52.0 Å². The maximum Gasteiger partial charge on any atom is 0.252 e. The summed E-state index contributed by atoms with van der Waals surface area (Å²) < 4.78 is 1.93. The number of benzene rings is 2. The van der Waals surface area contributed by atoms with Gasteiger partial charge in [-0.05, 0) is 30.9 Å². The zero-order chi connectivity index (χ0) is 18.5. The van der Waals surface area contributed by atoms with Crippen molar-refractivity contribution in [2.45, 2.75) is 11.7 Å². The third-order valence-electron chi connectivity index (χ3n) is 4.14. The lowest BCUT2D eigenvalue weighted by Crippen LogP contribution is -2.24. The van der Waals surface area contributed by atoms with Gasteiger partial charge in [0.15, 0.2) is 11.0 Å². The average Bonchev–Trinajstić information content (AvgIpc) is 2.99. The number of rotatable bonds is 7. The van der Waals surface area contributed by atoms with E-state index in [1.54, 1.807) is 11.8 Å². The SMILES string of the molecule is CN(C)CCSc1nnc(CNC(=O)c2cccc3ccccc23)n1C. The second kappa shape index (κ2) is 8.33. The quantitative estimate of drug-likeness (QED) is 0.649. The van der Waals surface area contributed by atoms with Gasteiger partial charge in [0, 0.05) is 24.9 Å². The molecule has 6 nitrogen and oxygen atoms in total. The van der Waals surface area contributed by atoms with Gasteiger partial charge < -0.3 is 14.8 Å². The maximum absolute atomic E-state index is 12.6. The summed E-state index contributed by atoms with van der Waals surface area (Å²) >= 11 is 1.66. The first-order valence-electron chi connectivity index (χ1n) is 8.48. The zero-order valence-electron chi connectivity index (χ0n) is 15.3. The van der Waals surface area contributed by atoms with E-state index in [-0.39, 0.29) is 5.91 Å². The van der Waals surface area contributed by atoms with Gasteiger partial charge in [0.25, 0.3) is 5.91 Å². The summed E-state index contributed by atoms with van der Waals surface area (Å²) in [7, 11) is 6.02. The Kier molecular flexibility index (Phi) is 5.90. The molecule has 0 aliphatic heterocycles. The van der Waals surface area contributed by atoms with Gasteiger partial charge in [0.05, 0.1) is 6.54 Å². The fourth-order valence-corrected chi connectivity index (χ4v) is 3.66. The van der Waals surface area contributed by atoms with Gasteiger partial charge in [-0.25, -0.2) is 0 Å². The Hall–Kier alpha value is -2.38. The first kappa shape index (κ1) is 18.4. The molecular formula is C19H23N5OS. The second-order valence-corrected chi connectivity index (χ2v) is 7.38. The number of carbonyl (C=O) groups is 1. The van der Waals surface area contributed by atoms with Gasteiger partial charge in [-0.3, -0.25) is 4.79 Å². The van der Waals surface area contributed by atoms with E-state index in [1.807, 2.05) is 68.2 Å². The van der Waals surface area contributed by atoms with Crippen molar-refractivity contribution in [1.29, 1.82) is 0 Å². The molecule has 2 aromatic carbocycles. The molecule has 0 saturated heterocycles. The average molecular weight is 369 g/mol. The fraction of sp³-hybridized carbons (Fsp3) is 0.316. The van der Waals surface area contributed by atoms with E-state index in [0.29, 0.717) is 12.1 Å². The lowest BCUT2D eigenvalue weighted by atomic mass is 10.0. The van der Waals surface area contributed by atoms with Crippen molar-refractivity contribution in [2.75, 3.05) is 26.4 Å². The third kappa shape index (κ3) is 4.23. The van der Waals surface area contributed by atoms with Gasteiger partial charge in [-0.15, -0.1) is 10.2 Å². The van der Waals surface area contributed by atoms with Crippen LogP contribution < -0.4 is 5.32 Å².